The highest BCUT2D eigenvalue weighted by molar-refractivity contribution is 9.10. The number of methoxy groups -OCH3 is 1. The maximum Gasteiger partial charge on any atom is 0.224 e. The van der Waals surface area contributed by atoms with Crippen molar-refractivity contribution in [3.8, 4) is 0 Å². The normalized spacial score (nSPS) is 19.7. The third-order valence-corrected chi connectivity index (χ3v) is 5.07. The summed E-state index contributed by atoms with van der Waals surface area (Å²) in [5, 5.41) is 6.45. The standard InChI is InChI=1S/C17H25BrN2O2/c1-12(13-5-4-8-19-10-13)9-17(21)20-16-7-3-6-15(18)14(16)11-22-2/h3,6-7,12-13,19H,4-5,8-11H2,1-2H3,(H,20,21). The molecular formula is C17H25BrN2O2. The van der Waals surface area contributed by atoms with Crippen LogP contribution >= 0.6 is 15.9 Å². The minimum absolute atomic E-state index is 0.0773. The van der Waals surface area contributed by atoms with Gasteiger partial charge in [0.25, 0.3) is 0 Å². The Kier molecular flexibility index (Phi) is 6.86. The molecule has 2 N–H and O–H groups in total. The number of rotatable bonds is 6. The largest absolute Gasteiger partial charge is 0.380 e. The van der Waals surface area contributed by atoms with Gasteiger partial charge in [0.15, 0.2) is 0 Å². The first kappa shape index (κ1) is 17.4. The lowest BCUT2D eigenvalue weighted by molar-refractivity contribution is -0.117. The Morgan fingerprint density at radius 2 is 2.36 bits per heavy atom. The van der Waals surface area contributed by atoms with E-state index in [2.05, 4.69) is 33.5 Å². The minimum Gasteiger partial charge on any atom is -0.380 e. The molecule has 0 radical (unpaired) electrons. The number of amides is 1. The van der Waals surface area contributed by atoms with Crippen LogP contribution in [0, 0.1) is 11.8 Å². The second kappa shape index (κ2) is 8.65. The van der Waals surface area contributed by atoms with Crippen molar-refractivity contribution in [1.82, 2.24) is 5.32 Å². The number of anilines is 1. The average Bonchev–Trinajstić information content (AvgIpc) is 2.51. The first-order valence-electron chi connectivity index (χ1n) is 7.88. The maximum atomic E-state index is 12.3. The SMILES string of the molecule is COCc1c(Br)cccc1NC(=O)CC(C)C1CCCNC1. The molecule has 1 aliphatic rings. The second-order valence-electron chi connectivity index (χ2n) is 6.03. The van der Waals surface area contributed by atoms with Crippen molar-refractivity contribution in [3.63, 3.8) is 0 Å². The highest BCUT2D eigenvalue weighted by Crippen LogP contribution is 2.27. The van der Waals surface area contributed by atoms with Crippen LogP contribution in [-0.2, 0) is 16.1 Å². The molecule has 1 saturated heterocycles. The van der Waals surface area contributed by atoms with E-state index in [9.17, 15) is 4.79 Å². The zero-order valence-electron chi connectivity index (χ0n) is 13.3. The second-order valence-corrected chi connectivity index (χ2v) is 6.89. The number of ether oxygens (including phenoxy) is 1. The van der Waals surface area contributed by atoms with E-state index in [-0.39, 0.29) is 5.91 Å². The van der Waals surface area contributed by atoms with Gasteiger partial charge >= 0.3 is 0 Å². The number of halogens is 1. The summed E-state index contributed by atoms with van der Waals surface area (Å²) in [4.78, 5) is 12.3. The Balaban J connectivity index is 1.95. The molecule has 4 nitrogen and oxygen atoms in total. The molecule has 1 aromatic carbocycles. The van der Waals surface area contributed by atoms with E-state index in [0.717, 1.165) is 28.8 Å². The Labute approximate surface area is 141 Å². The van der Waals surface area contributed by atoms with Gasteiger partial charge in [-0.3, -0.25) is 4.79 Å². The molecule has 1 aliphatic heterocycles. The van der Waals surface area contributed by atoms with E-state index >= 15 is 0 Å². The van der Waals surface area contributed by atoms with E-state index in [4.69, 9.17) is 4.74 Å². The van der Waals surface area contributed by atoms with Gasteiger partial charge < -0.3 is 15.4 Å². The Hall–Kier alpha value is -0.910. The van der Waals surface area contributed by atoms with Gasteiger partial charge in [-0.25, -0.2) is 0 Å². The molecule has 122 valence electrons. The molecule has 22 heavy (non-hydrogen) atoms. The molecule has 0 aromatic heterocycles. The molecule has 1 amide bonds. The zero-order chi connectivity index (χ0) is 15.9. The van der Waals surface area contributed by atoms with E-state index in [1.165, 1.54) is 12.8 Å². The van der Waals surface area contributed by atoms with Crippen LogP contribution in [0.3, 0.4) is 0 Å². The number of piperidine rings is 1. The van der Waals surface area contributed by atoms with Crippen LogP contribution < -0.4 is 10.6 Å². The van der Waals surface area contributed by atoms with Crippen molar-refractivity contribution < 1.29 is 9.53 Å². The number of carbonyl (C=O) groups excluding carboxylic acids is 1. The first-order chi connectivity index (χ1) is 10.6. The van der Waals surface area contributed by atoms with Gasteiger partial charge in [-0.15, -0.1) is 0 Å². The van der Waals surface area contributed by atoms with Gasteiger partial charge in [0, 0.05) is 29.3 Å². The van der Waals surface area contributed by atoms with Crippen molar-refractivity contribution >= 4 is 27.5 Å². The molecule has 0 aliphatic carbocycles. The Morgan fingerprint density at radius 1 is 1.55 bits per heavy atom. The summed E-state index contributed by atoms with van der Waals surface area (Å²) in [6.45, 7) is 4.78. The molecule has 0 bridgehead atoms. The van der Waals surface area contributed by atoms with Crippen molar-refractivity contribution in [2.24, 2.45) is 11.8 Å². The third-order valence-electron chi connectivity index (χ3n) is 4.33. The topological polar surface area (TPSA) is 50.4 Å². The summed E-state index contributed by atoms with van der Waals surface area (Å²) < 4.78 is 6.17. The Morgan fingerprint density at radius 3 is 3.05 bits per heavy atom. The fourth-order valence-electron chi connectivity index (χ4n) is 2.99. The molecule has 2 unspecified atom stereocenters. The number of hydrogen-bond donors (Lipinski definition) is 2. The van der Waals surface area contributed by atoms with Gasteiger partial charge in [-0.05, 0) is 49.9 Å². The van der Waals surface area contributed by atoms with E-state index < -0.39 is 0 Å². The van der Waals surface area contributed by atoms with Crippen molar-refractivity contribution in [2.45, 2.75) is 32.8 Å². The van der Waals surface area contributed by atoms with Gasteiger partial charge in [0.05, 0.1) is 6.61 Å². The lowest BCUT2D eigenvalue weighted by Gasteiger charge is -2.28. The third kappa shape index (κ3) is 4.80. The van der Waals surface area contributed by atoms with Crippen molar-refractivity contribution in [1.29, 1.82) is 0 Å². The molecule has 1 heterocycles. The van der Waals surface area contributed by atoms with E-state index in [0.29, 0.717) is 24.9 Å². The average molecular weight is 369 g/mol. The van der Waals surface area contributed by atoms with Gasteiger partial charge in [0.1, 0.15) is 0 Å². The molecule has 0 spiro atoms. The molecule has 1 fully saturated rings. The highest BCUT2D eigenvalue weighted by Gasteiger charge is 2.22. The van der Waals surface area contributed by atoms with E-state index in [1.807, 2.05) is 18.2 Å². The summed E-state index contributed by atoms with van der Waals surface area (Å²) in [5.41, 5.74) is 1.81. The smallest absolute Gasteiger partial charge is 0.224 e. The van der Waals surface area contributed by atoms with Gasteiger partial charge in [-0.1, -0.05) is 28.9 Å². The lowest BCUT2D eigenvalue weighted by atomic mass is 9.85. The van der Waals surface area contributed by atoms with Crippen LogP contribution in [0.1, 0.15) is 31.7 Å². The molecular weight excluding hydrogens is 344 g/mol. The van der Waals surface area contributed by atoms with Crippen LogP contribution in [0.2, 0.25) is 0 Å². The van der Waals surface area contributed by atoms with Crippen LogP contribution in [0.15, 0.2) is 22.7 Å². The predicted octanol–water partition coefficient (Wildman–Crippen LogP) is 3.56. The van der Waals surface area contributed by atoms with Gasteiger partial charge in [0.2, 0.25) is 5.91 Å². The number of carbonyl (C=O) groups is 1. The number of hydrogen-bond acceptors (Lipinski definition) is 3. The Bertz CT molecular complexity index is 501. The number of nitrogens with one attached hydrogen (secondary N) is 2. The molecule has 1 aromatic rings. The maximum absolute atomic E-state index is 12.3. The highest BCUT2D eigenvalue weighted by atomic mass is 79.9. The summed E-state index contributed by atoms with van der Waals surface area (Å²) >= 11 is 3.51. The monoisotopic (exact) mass is 368 g/mol. The minimum atomic E-state index is 0.0773. The van der Waals surface area contributed by atoms with E-state index in [1.54, 1.807) is 7.11 Å². The van der Waals surface area contributed by atoms with Gasteiger partial charge in [-0.2, -0.15) is 0 Å². The number of benzene rings is 1. The lowest BCUT2D eigenvalue weighted by Crippen LogP contribution is -2.34. The summed E-state index contributed by atoms with van der Waals surface area (Å²) in [5.74, 6) is 1.07. The molecule has 0 saturated carbocycles. The first-order valence-corrected chi connectivity index (χ1v) is 8.68. The quantitative estimate of drug-likeness (QED) is 0.806. The summed E-state index contributed by atoms with van der Waals surface area (Å²) in [7, 11) is 1.66. The summed E-state index contributed by atoms with van der Waals surface area (Å²) in [6.07, 6.45) is 2.98. The van der Waals surface area contributed by atoms with Crippen LogP contribution in [0.25, 0.3) is 0 Å². The van der Waals surface area contributed by atoms with Crippen LogP contribution in [-0.4, -0.2) is 26.1 Å². The summed E-state index contributed by atoms with van der Waals surface area (Å²) in [6, 6.07) is 5.80. The predicted molar refractivity (Wildman–Crippen MR) is 92.9 cm³/mol. The zero-order valence-corrected chi connectivity index (χ0v) is 14.9. The molecule has 2 rings (SSSR count). The molecule has 5 heteroatoms. The van der Waals surface area contributed by atoms with Crippen molar-refractivity contribution in [3.05, 3.63) is 28.2 Å². The fourth-order valence-corrected chi connectivity index (χ4v) is 3.47. The molecule has 2 atom stereocenters. The van der Waals surface area contributed by atoms with Crippen LogP contribution in [0.5, 0.6) is 0 Å². The van der Waals surface area contributed by atoms with Crippen LogP contribution in [0.4, 0.5) is 5.69 Å². The van der Waals surface area contributed by atoms with Crippen molar-refractivity contribution in [2.75, 3.05) is 25.5 Å². The fraction of sp³-hybridized carbons (Fsp3) is 0.588.